The third kappa shape index (κ3) is 7.78. The molecule has 0 aliphatic heterocycles. The fourth-order valence-corrected chi connectivity index (χ4v) is 1.10. The van der Waals surface area contributed by atoms with Crippen LogP contribution in [0.5, 0.6) is 0 Å². The van der Waals surface area contributed by atoms with Crippen molar-refractivity contribution in [1.82, 2.24) is 4.90 Å². The minimum Gasteiger partial charge on any atom is -0.463 e. The van der Waals surface area contributed by atoms with Crippen LogP contribution in [0.25, 0.3) is 0 Å². The lowest BCUT2D eigenvalue weighted by Gasteiger charge is -2.15. The molecule has 0 radical (unpaired) electrons. The van der Waals surface area contributed by atoms with Crippen molar-refractivity contribution < 1.29 is 9.53 Å². The van der Waals surface area contributed by atoms with Gasteiger partial charge in [0.25, 0.3) is 0 Å². The van der Waals surface area contributed by atoms with Crippen LogP contribution in [0, 0.1) is 0 Å². The Kier molecular flexibility index (Phi) is 6.59. The van der Waals surface area contributed by atoms with Crippen molar-refractivity contribution in [3.8, 4) is 0 Å². The maximum absolute atomic E-state index is 11.1. The van der Waals surface area contributed by atoms with Crippen LogP contribution in [0.1, 0.15) is 33.6 Å². The Morgan fingerprint density at radius 1 is 1.38 bits per heavy atom. The van der Waals surface area contributed by atoms with Gasteiger partial charge in [-0.15, -0.1) is 0 Å². The van der Waals surface area contributed by atoms with E-state index in [0.29, 0.717) is 6.42 Å². The van der Waals surface area contributed by atoms with Gasteiger partial charge in [-0.3, -0.25) is 4.79 Å². The predicted octanol–water partition coefficient (Wildman–Crippen LogP) is 1.67. The highest BCUT2D eigenvalue weighted by Crippen LogP contribution is 1.95. The first-order valence-corrected chi connectivity index (χ1v) is 4.94. The van der Waals surface area contributed by atoms with Gasteiger partial charge in [0.15, 0.2) is 0 Å². The van der Waals surface area contributed by atoms with Crippen molar-refractivity contribution in [2.24, 2.45) is 0 Å². The first-order chi connectivity index (χ1) is 6.06. The number of hydrogen-bond acceptors (Lipinski definition) is 3. The molecule has 0 aliphatic carbocycles. The maximum Gasteiger partial charge on any atom is 0.307 e. The van der Waals surface area contributed by atoms with Gasteiger partial charge in [0, 0.05) is 6.54 Å². The zero-order valence-electron chi connectivity index (χ0n) is 9.17. The van der Waals surface area contributed by atoms with Gasteiger partial charge in [0.1, 0.15) is 0 Å². The third-order valence-electron chi connectivity index (χ3n) is 1.67. The Bertz CT molecular complexity index is 146. The van der Waals surface area contributed by atoms with E-state index in [4.69, 9.17) is 4.74 Å². The Balaban J connectivity index is 3.46. The van der Waals surface area contributed by atoms with Crippen molar-refractivity contribution in [2.75, 3.05) is 20.1 Å². The molecule has 0 unspecified atom stereocenters. The summed E-state index contributed by atoms with van der Waals surface area (Å²) in [4.78, 5) is 13.3. The van der Waals surface area contributed by atoms with Crippen LogP contribution in [0.2, 0.25) is 0 Å². The molecule has 0 heterocycles. The number of rotatable bonds is 6. The molecule has 3 heteroatoms. The van der Waals surface area contributed by atoms with E-state index in [1.54, 1.807) is 0 Å². The molecule has 0 amide bonds. The topological polar surface area (TPSA) is 29.5 Å². The molecule has 3 nitrogen and oxygen atoms in total. The summed E-state index contributed by atoms with van der Waals surface area (Å²) in [6.07, 6.45) is 1.62. The summed E-state index contributed by atoms with van der Waals surface area (Å²) in [5, 5.41) is 0. The smallest absolute Gasteiger partial charge is 0.307 e. The monoisotopic (exact) mass is 187 g/mol. The number of hydrogen-bond donors (Lipinski definition) is 0. The number of nitrogens with zero attached hydrogens (tertiary/aromatic N) is 1. The van der Waals surface area contributed by atoms with Crippen molar-refractivity contribution in [2.45, 2.75) is 39.7 Å². The molecule has 0 saturated carbocycles. The predicted molar refractivity (Wildman–Crippen MR) is 53.6 cm³/mol. The largest absolute Gasteiger partial charge is 0.463 e. The Hall–Kier alpha value is -0.570. The van der Waals surface area contributed by atoms with E-state index in [1.165, 1.54) is 0 Å². The zero-order valence-corrected chi connectivity index (χ0v) is 9.17. The van der Waals surface area contributed by atoms with Crippen molar-refractivity contribution >= 4 is 5.97 Å². The van der Waals surface area contributed by atoms with Crippen LogP contribution < -0.4 is 0 Å². The minimum absolute atomic E-state index is 0.00369. The van der Waals surface area contributed by atoms with E-state index in [0.717, 1.165) is 19.5 Å². The van der Waals surface area contributed by atoms with Gasteiger partial charge in [0.05, 0.1) is 12.5 Å². The van der Waals surface area contributed by atoms with Crippen LogP contribution in [0.3, 0.4) is 0 Å². The SMILES string of the molecule is CCCN(C)CCC(=O)OC(C)C. The average Bonchev–Trinajstić information content (AvgIpc) is 2.00. The maximum atomic E-state index is 11.1. The van der Waals surface area contributed by atoms with Crippen LogP contribution in [0.15, 0.2) is 0 Å². The van der Waals surface area contributed by atoms with Gasteiger partial charge in [-0.1, -0.05) is 6.92 Å². The van der Waals surface area contributed by atoms with Crippen LogP contribution in [0.4, 0.5) is 0 Å². The summed E-state index contributed by atoms with van der Waals surface area (Å²) < 4.78 is 5.01. The number of carbonyl (C=O) groups is 1. The highest BCUT2D eigenvalue weighted by molar-refractivity contribution is 5.69. The van der Waals surface area contributed by atoms with E-state index in [-0.39, 0.29) is 12.1 Å². The molecule has 0 saturated heterocycles. The van der Waals surface area contributed by atoms with E-state index >= 15 is 0 Å². The Morgan fingerprint density at radius 2 is 2.00 bits per heavy atom. The molecule has 0 atom stereocenters. The summed E-state index contributed by atoms with van der Waals surface area (Å²) in [5.41, 5.74) is 0. The lowest BCUT2D eigenvalue weighted by atomic mass is 10.3. The molecular weight excluding hydrogens is 166 g/mol. The molecule has 13 heavy (non-hydrogen) atoms. The van der Waals surface area contributed by atoms with E-state index in [2.05, 4.69) is 11.8 Å². The molecule has 0 N–H and O–H groups in total. The molecule has 0 aromatic carbocycles. The second-order valence-corrected chi connectivity index (χ2v) is 3.59. The average molecular weight is 187 g/mol. The number of esters is 1. The van der Waals surface area contributed by atoms with Gasteiger partial charge >= 0.3 is 5.97 Å². The van der Waals surface area contributed by atoms with Crippen molar-refractivity contribution in [1.29, 1.82) is 0 Å². The van der Waals surface area contributed by atoms with Crippen LogP contribution >= 0.6 is 0 Å². The van der Waals surface area contributed by atoms with Gasteiger partial charge in [-0.2, -0.15) is 0 Å². The summed E-state index contributed by atoms with van der Waals surface area (Å²) in [6.45, 7) is 7.69. The second-order valence-electron chi connectivity index (χ2n) is 3.59. The highest BCUT2D eigenvalue weighted by atomic mass is 16.5. The second kappa shape index (κ2) is 6.89. The fraction of sp³-hybridized carbons (Fsp3) is 0.900. The van der Waals surface area contributed by atoms with Gasteiger partial charge < -0.3 is 9.64 Å². The summed E-state index contributed by atoms with van der Waals surface area (Å²) in [7, 11) is 2.02. The normalized spacial score (nSPS) is 10.9. The van der Waals surface area contributed by atoms with Gasteiger partial charge in [-0.05, 0) is 33.9 Å². The molecule has 78 valence electrons. The number of ether oxygens (including phenoxy) is 1. The molecule has 0 bridgehead atoms. The quantitative estimate of drug-likeness (QED) is 0.592. The standard InChI is InChI=1S/C10H21NO2/c1-5-7-11(4)8-6-10(12)13-9(2)3/h9H,5-8H2,1-4H3. The van der Waals surface area contributed by atoms with Crippen molar-refractivity contribution in [3.05, 3.63) is 0 Å². The molecule has 0 spiro atoms. The van der Waals surface area contributed by atoms with E-state index < -0.39 is 0 Å². The van der Waals surface area contributed by atoms with E-state index in [1.807, 2.05) is 20.9 Å². The van der Waals surface area contributed by atoms with Crippen molar-refractivity contribution in [3.63, 3.8) is 0 Å². The summed E-state index contributed by atoms with van der Waals surface area (Å²) in [5.74, 6) is -0.0991. The van der Waals surface area contributed by atoms with Gasteiger partial charge in [-0.25, -0.2) is 0 Å². The molecule has 0 fully saturated rings. The number of carbonyl (C=O) groups excluding carboxylic acids is 1. The Morgan fingerprint density at radius 3 is 2.46 bits per heavy atom. The third-order valence-corrected chi connectivity index (χ3v) is 1.67. The van der Waals surface area contributed by atoms with Crippen LogP contribution in [-0.4, -0.2) is 37.1 Å². The lowest BCUT2D eigenvalue weighted by Crippen LogP contribution is -2.24. The summed E-state index contributed by atoms with van der Waals surface area (Å²) >= 11 is 0. The minimum atomic E-state index is -0.0991. The molecule has 0 aromatic rings. The van der Waals surface area contributed by atoms with Crippen LogP contribution in [-0.2, 0) is 9.53 Å². The Labute approximate surface area is 81.1 Å². The first kappa shape index (κ1) is 12.4. The first-order valence-electron chi connectivity index (χ1n) is 4.94. The lowest BCUT2D eigenvalue weighted by molar-refractivity contribution is -0.147. The van der Waals surface area contributed by atoms with Gasteiger partial charge in [0.2, 0.25) is 0 Å². The zero-order chi connectivity index (χ0) is 10.3. The van der Waals surface area contributed by atoms with E-state index in [9.17, 15) is 4.79 Å². The molecule has 0 aliphatic rings. The molecule has 0 aromatic heterocycles. The highest BCUT2D eigenvalue weighted by Gasteiger charge is 2.06. The summed E-state index contributed by atoms with van der Waals surface area (Å²) in [6, 6.07) is 0. The molecule has 0 rings (SSSR count). The molecular formula is C10H21NO2. The fourth-order valence-electron chi connectivity index (χ4n) is 1.10.